The van der Waals surface area contributed by atoms with Gasteiger partial charge in [0, 0.05) is 12.6 Å². The first-order valence-electron chi connectivity index (χ1n) is 6.12. The molecule has 0 bridgehead atoms. The lowest BCUT2D eigenvalue weighted by Crippen LogP contribution is -2.36. The van der Waals surface area contributed by atoms with E-state index < -0.39 is 0 Å². The van der Waals surface area contributed by atoms with Gasteiger partial charge in [-0.2, -0.15) is 0 Å². The van der Waals surface area contributed by atoms with Gasteiger partial charge in [-0.15, -0.1) is 0 Å². The molecule has 0 amide bonds. The fourth-order valence-corrected chi connectivity index (χ4v) is 1.50. The highest BCUT2D eigenvalue weighted by Crippen LogP contribution is 2.15. The molecular weight excluding hydrogens is 170 g/mol. The van der Waals surface area contributed by atoms with Gasteiger partial charge in [0.1, 0.15) is 0 Å². The van der Waals surface area contributed by atoms with E-state index in [0.717, 1.165) is 12.5 Å². The molecule has 0 rings (SSSR count). The first-order valence-corrected chi connectivity index (χ1v) is 6.12. The Bertz CT molecular complexity index is 135. The molecule has 0 aliphatic heterocycles. The Labute approximate surface area is 90.7 Å². The van der Waals surface area contributed by atoms with Crippen molar-refractivity contribution in [3.8, 4) is 0 Å². The van der Waals surface area contributed by atoms with Crippen LogP contribution in [0.1, 0.15) is 60.8 Å². The highest BCUT2D eigenvalue weighted by atomic mass is 14.9. The molecule has 14 heavy (non-hydrogen) atoms. The first-order chi connectivity index (χ1) is 6.39. The summed E-state index contributed by atoms with van der Waals surface area (Å²) in [6, 6.07) is 0.712. The van der Waals surface area contributed by atoms with Crippen LogP contribution in [0.4, 0.5) is 0 Å². The smallest absolute Gasteiger partial charge is 0.00671 e. The van der Waals surface area contributed by atoms with Gasteiger partial charge in [-0.05, 0) is 24.2 Å². The zero-order valence-electron chi connectivity index (χ0n) is 11.0. The lowest BCUT2D eigenvalue weighted by atomic mass is 9.94. The molecule has 0 aromatic rings. The van der Waals surface area contributed by atoms with Crippen molar-refractivity contribution in [3.63, 3.8) is 0 Å². The van der Waals surface area contributed by atoms with Crippen LogP contribution in [0.2, 0.25) is 0 Å². The van der Waals surface area contributed by atoms with Crippen molar-refractivity contribution in [2.24, 2.45) is 11.3 Å². The summed E-state index contributed by atoms with van der Waals surface area (Å²) >= 11 is 0. The molecule has 0 spiro atoms. The second-order valence-electron chi connectivity index (χ2n) is 5.80. The van der Waals surface area contributed by atoms with Gasteiger partial charge < -0.3 is 5.32 Å². The molecule has 0 fully saturated rings. The van der Waals surface area contributed by atoms with Crippen LogP contribution in [0.3, 0.4) is 0 Å². The molecule has 0 radical (unpaired) electrons. The van der Waals surface area contributed by atoms with Crippen LogP contribution in [-0.4, -0.2) is 12.6 Å². The van der Waals surface area contributed by atoms with Gasteiger partial charge in [-0.25, -0.2) is 0 Å². The summed E-state index contributed by atoms with van der Waals surface area (Å²) in [5, 5.41) is 3.67. The average molecular weight is 199 g/mol. The highest BCUT2D eigenvalue weighted by Gasteiger charge is 2.14. The highest BCUT2D eigenvalue weighted by molar-refractivity contribution is 4.72. The lowest BCUT2D eigenvalue weighted by Gasteiger charge is -2.25. The molecule has 2 atom stereocenters. The minimum atomic E-state index is 0.406. The third-order valence-corrected chi connectivity index (χ3v) is 2.80. The summed E-state index contributed by atoms with van der Waals surface area (Å²) in [7, 11) is 0. The molecule has 0 saturated heterocycles. The van der Waals surface area contributed by atoms with Gasteiger partial charge in [0.15, 0.2) is 0 Å². The van der Waals surface area contributed by atoms with E-state index in [4.69, 9.17) is 0 Å². The van der Waals surface area contributed by atoms with Crippen molar-refractivity contribution in [1.29, 1.82) is 0 Å². The fraction of sp³-hybridized carbons (Fsp3) is 1.00. The Morgan fingerprint density at radius 3 is 2.00 bits per heavy atom. The second kappa shape index (κ2) is 6.44. The van der Waals surface area contributed by atoms with Crippen molar-refractivity contribution < 1.29 is 0 Å². The Morgan fingerprint density at radius 1 is 1.07 bits per heavy atom. The summed E-state index contributed by atoms with van der Waals surface area (Å²) in [5.74, 6) is 0.854. The minimum Gasteiger partial charge on any atom is -0.313 e. The molecular formula is C13H29N. The maximum Gasteiger partial charge on any atom is 0.00671 e. The van der Waals surface area contributed by atoms with Crippen LogP contribution < -0.4 is 5.32 Å². The van der Waals surface area contributed by atoms with E-state index in [2.05, 4.69) is 46.9 Å². The maximum atomic E-state index is 3.67. The molecule has 0 aromatic carbocycles. The number of hydrogen-bond donors (Lipinski definition) is 1. The third-order valence-electron chi connectivity index (χ3n) is 2.80. The van der Waals surface area contributed by atoms with E-state index in [0.29, 0.717) is 11.5 Å². The van der Waals surface area contributed by atoms with Crippen LogP contribution in [-0.2, 0) is 0 Å². The predicted octanol–water partition coefficient (Wildman–Crippen LogP) is 3.84. The maximum absolute atomic E-state index is 3.67. The number of hydrogen-bond acceptors (Lipinski definition) is 1. The summed E-state index contributed by atoms with van der Waals surface area (Å²) in [4.78, 5) is 0. The largest absolute Gasteiger partial charge is 0.313 e. The van der Waals surface area contributed by atoms with Crippen molar-refractivity contribution >= 4 is 0 Å². The Morgan fingerprint density at radius 2 is 1.64 bits per heavy atom. The van der Waals surface area contributed by atoms with E-state index in [1.54, 1.807) is 0 Å². The van der Waals surface area contributed by atoms with Crippen LogP contribution in [0, 0.1) is 11.3 Å². The van der Waals surface area contributed by atoms with Crippen LogP contribution in [0.5, 0.6) is 0 Å². The van der Waals surface area contributed by atoms with Gasteiger partial charge in [0.05, 0.1) is 0 Å². The first kappa shape index (κ1) is 14.0. The van der Waals surface area contributed by atoms with Gasteiger partial charge >= 0.3 is 0 Å². The molecule has 0 heterocycles. The monoisotopic (exact) mass is 199 g/mol. The third kappa shape index (κ3) is 7.37. The van der Waals surface area contributed by atoms with E-state index >= 15 is 0 Å². The van der Waals surface area contributed by atoms with Crippen molar-refractivity contribution in [3.05, 3.63) is 0 Å². The second-order valence-corrected chi connectivity index (χ2v) is 5.80. The van der Waals surface area contributed by atoms with Crippen LogP contribution in [0.15, 0.2) is 0 Å². The molecule has 1 N–H and O–H groups in total. The van der Waals surface area contributed by atoms with Crippen molar-refractivity contribution in [1.82, 2.24) is 5.32 Å². The molecule has 0 saturated carbocycles. The summed E-state index contributed by atoms with van der Waals surface area (Å²) in [5.41, 5.74) is 0.406. The molecule has 2 unspecified atom stereocenters. The van der Waals surface area contributed by atoms with E-state index in [-0.39, 0.29) is 0 Å². The molecule has 0 aromatic heterocycles. The molecule has 86 valence electrons. The zero-order chi connectivity index (χ0) is 11.2. The Kier molecular flexibility index (Phi) is 6.43. The van der Waals surface area contributed by atoms with Crippen molar-refractivity contribution in [2.45, 2.75) is 66.8 Å². The molecule has 1 heteroatoms. The number of rotatable bonds is 6. The fourth-order valence-electron chi connectivity index (χ4n) is 1.50. The Balaban J connectivity index is 3.80. The van der Waals surface area contributed by atoms with Gasteiger partial charge in [-0.1, -0.05) is 48.0 Å². The molecule has 0 aliphatic rings. The molecule has 0 aliphatic carbocycles. The standard InChI is InChI=1S/C13H29N/c1-7-11(3)9-12(8-2)14-10-13(4,5)6/h11-12,14H,7-10H2,1-6H3. The van der Waals surface area contributed by atoms with Gasteiger partial charge in [-0.3, -0.25) is 0 Å². The van der Waals surface area contributed by atoms with E-state index in [9.17, 15) is 0 Å². The van der Waals surface area contributed by atoms with E-state index in [1.165, 1.54) is 19.3 Å². The van der Waals surface area contributed by atoms with Crippen LogP contribution in [0.25, 0.3) is 0 Å². The van der Waals surface area contributed by atoms with E-state index in [1.807, 2.05) is 0 Å². The molecule has 1 nitrogen and oxygen atoms in total. The SMILES string of the molecule is CCC(C)CC(CC)NCC(C)(C)C. The number of nitrogens with one attached hydrogen (secondary N) is 1. The van der Waals surface area contributed by atoms with Crippen LogP contribution >= 0.6 is 0 Å². The van der Waals surface area contributed by atoms with Crippen molar-refractivity contribution in [2.75, 3.05) is 6.54 Å². The van der Waals surface area contributed by atoms with Gasteiger partial charge in [0.2, 0.25) is 0 Å². The zero-order valence-corrected chi connectivity index (χ0v) is 11.0. The predicted molar refractivity (Wildman–Crippen MR) is 65.6 cm³/mol. The Hall–Kier alpha value is -0.0400. The summed E-state index contributed by atoms with van der Waals surface area (Å²) < 4.78 is 0. The van der Waals surface area contributed by atoms with Gasteiger partial charge in [0.25, 0.3) is 0 Å². The normalized spacial score (nSPS) is 16.7. The summed E-state index contributed by atoms with van der Waals surface area (Å²) in [6.45, 7) is 14.9. The topological polar surface area (TPSA) is 12.0 Å². The quantitative estimate of drug-likeness (QED) is 0.685. The minimum absolute atomic E-state index is 0.406. The average Bonchev–Trinajstić information content (AvgIpc) is 2.10. The lowest BCUT2D eigenvalue weighted by molar-refractivity contribution is 0.315. The summed E-state index contributed by atoms with van der Waals surface area (Å²) in [6.07, 6.45) is 3.87.